The van der Waals surface area contributed by atoms with E-state index in [9.17, 15) is 14.4 Å². The Kier molecular flexibility index (Phi) is 5.74. The number of benzene rings is 2. The van der Waals surface area contributed by atoms with Crippen LogP contribution in [0.2, 0.25) is 0 Å². The van der Waals surface area contributed by atoms with Crippen LogP contribution in [0.3, 0.4) is 0 Å². The molecule has 0 bridgehead atoms. The lowest BCUT2D eigenvalue weighted by Gasteiger charge is -2.32. The van der Waals surface area contributed by atoms with Crippen LogP contribution in [0.5, 0.6) is 0 Å². The van der Waals surface area contributed by atoms with Gasteiger partial charge >= 0.3 is 0 Å². The molecule has 1 atom stereocenters. The molecule has 3 amide bonds. The number of para-hydroxylation sites is 2. The van der Waals surface area contributed by atoms with E-state index < -0.39 is 0 Å². The predicted octanol–water partition coefficient (Wildman–Crippen LogP) is 2.17. The average molecular weight is 405 g/mol. The van der Waals surface area contributed by atoms with Crippen molar-refractivity contribution in [2.24, 2.45) is 5.92 Å². The first-order chi connectivity index (χ1) is 14.6. The van der Waals surface area contributed by atoms with Crippen LogP contribution >= 0.6 is 0 Å². The van der Waals surface area contributed by atoms with Crippen molar-refractivity contribution in [3.05, 3.63) is 60.2 Å². The molecule has 0 saturated carbocycles. The number of nitrogens with one attached hydrogen (secondary N) is 3. The fraction of sp³-hybridized carbons (Fsp3) is 0.273. The Hall–Kier alpha value is -3.68. The first-order valence-electron chi connectivity index (χ1n) is 9.97. The van der Waals surface area contributed by atoms with E-state index in [0.29, 0.717) is 31.0 Å². The Labute approximate surface area is 173 Å². The molecule has 1 aliphatic heterocycles. The van der Waals surface area contributed by atoms with Crippen molar-refractivity contribution in [2.45, 2.75) is 12.8 Å². The van der Waals surface area contributed by atoms with Gasteiger partial charge in [0, 0.05) is 18.7 Å². The molecule has 154 valence electrons. The third kappa shape index (κ3) is 4.48. The number of hydrogen-bond donors (Lipinski definition) is 3. The van der Waals surface area contributed by atoms with Gasteiger partial charge in [-0.2, -0.15) is 0 Å². The number of aromatic amines is 1. The molecule has 0 aliphatic carbocycles. The molecule has 30 heavy (non-hydrogen) atoms. The number of imidazole rings is 1. The third-order valence-electron chi connectivity index (χ3n) is 5.21. The number of piperidine rings is 1. The summed E-state index contributed by atoms with van der Waals surface area (Å²) in [4.78, 5) is 46.4. The van der Waals surface area contributed by atoms with E-state index in [1.165, 1.54) is 0 Å². The zero-order valence-corrected chi connectivity index (χ0v) is 16.4. The fourth-order valence-corrected chi connectivity index (χ4v) is 3.61. The molecule has 2 aromatic carbocycles. The van der Waals surface area contributed by atoms with Crippen molar-refractivity contribution < 1.29 is 14.4 Å². The van der Waals surface area contributed by atoms with E-state index in [4.69, 9.17) is 0 Å². The van der Waals surface area contributed by atoms with E-state index in [-0.39, 0.29) is 30.2 Å². The quantitative estimate of drug-likeness (QED) is 0.605. The number of likely N-dealkylation sites (tertiary alicyclic amines) is 1. The van der Waals surface area contributed by atoms with Gasteiger partial charge in [0.05, 0.1) is 23.5 Å². The molecule has 3 aromatic rings. The second kappa shape index (κ2) is 8.77. The van der Waals surface area contributed by atoms with E-state index in [0.717, 1.165) is 17.5 Å². The Morgan fingerprint density at radius 3 is 2.63 bits per heavy atom. The fourth-order valence-electron chi connectivity index (χ4n) is 3.61. The summed E-state index contributed by atoms with van der Waals surface area (Å²) in [5.74, 6) is -0.568. The van der Waals surface area contributed by atoms with Crippen LogP contribution in [0.15, 0.2) is 54.6 Å². The smallest absolute Gasteiger partial charge is 0.251 e. The SMILES string of the molecule is O=C(NCC(=O)N1CCCC(C(=O)Nc2nc3ccccc3[nH]2)C1)c1ccccc1. The lowest BCUT2D eigenvalue weighted by atomic mass is 9.97. The highest BCUT2D eigenvalue weighted by atomic mass is 16.2. The number of nitrogens with zero attached hydrogens (tertiary/aromatic N) is 2. The summed E-state index contributed by atoms with van der Waals surface area (Å²) in [5.41, 5.74) is 2.14. The maximum atomic E-state index is 12.7. The van der Waals surface area contributed by atoms with Crippen molar-refractivity contribution in [2.75, 3.05) is 25.0 Å². The highest BCUT2D eigenvalue weighted by molar-refractivity contribution is 5.97. The topological polar surface area (TPSA) is 107 Å². The largest absolute Gasteiger partial charge is 0.343 e. The first-order valence-corrected chi connectivity index (χ1v) is 9.97. The third-order valence-corrected chi connectivity index (χ3v) is 5.21. The molecule has 0 radical (unpaired) electrons. The lowest BCUT2D eigenvalue weighted by molar-refractivity contribution is -0.133. The predicted molar refractivity (Wildman–Crippen MR) is 113 cm³/mol. The number of amides is 3. The molecular weight excluding hydrogens is 382 g/mol. The van der Waals surface area contributed by atoms with E-state index >= 15 is 0 Å². The number of carbonyl (C=O) groups excluding carboxylic acids is 3. The zero-order chi connectivity index (χ0) is 20.9. The van der Waals surface area contributed by atoms with Gasteiger partial charge in [0.2, 0.25) is 17.8 Å². The summed E-state index contributed by atoms with van der Waals surface area (Å²) in [7, 11) is 0. The maximum Gasteiger partial charge on any atom is 0.251 e. The van der Waals surface area contributed by atoms with Gasteiger partial charge in [0.15, 0.2) is 0 Å². The van der Waals surface area contributed by atoms with Gasteiger partial charge in [-0.1, -0.05) is 30.3 Å². The number of rotatable bonds is 5. The molecule has 3 N–H and O–H groups in total. The minimum atomic E-state index is -0.319. The Morgan fingerprint density at radius 2 is 1.83 bits per heavy atom. The Morgan fingerprint density at radius 1 is 1.07 bits per heavy atom. The van der Waals surface area contributed by atoms with Crippen molar-refractivity contribution in [1.82, 2.24) is 20.2 Å². The van der Waals surface area contributed by atoms with Crippen molar-refractivity contribution in [3.8, 4) is 0 Å². The van der Waals surface area contributed by atoms with Gasteiger partial charge < -0.3 is 15.2 Å². The van der Waals surface area contributed by atoms with Crippen LogP contribution in [0.25, 0.3) is 11.0 Å². The molecule has 1 aliphatic rings. The van der Waals surface area contributed by atoms with Gasteiger partial charge in [0.25, 0.3) is 5.91 Å². The molecule has 4 rings (SSSR count). The standard InChI is InChI=1S/C22H23N5O3/c28-19(13-23-20(29)15-7-2-1-3-8-15)27-12-6-9-16(14-27)21(30)26-22-24-17-10-4-5-11-18(17)25-22/h1-5,7-8,10-11,16H,6,9,12-14H2,(H,23,29)(H2,24,25,26,30). The second-order valence-electron chi connectivity index (χ2n) is 7.32. The van der Waals surface area contributed by atoms with Crippen LogP contribution < -0.4 is 10.6 Å². The van der Waals surface area contributed by atoms with Crippen LogP contribution in [0, 0.1) is 5.92 Å². The zero-order valence-electron chi connectivity index (χ0n) is 16.4. The minimum absolute atomic E-state index is 0.0916. The maximum absolute atomic E-state index is 12.7. The van der Waals surface area contributed by atoms with Crippen LogP contribution in [0.1, 0.15) is 23.2 Å². The summed E-state index contributed by atoms with van der Waals surface area (Å²) in [6, 6.07) is 16.3. The molecule has 8 heteroatoms. The molecule has 2 heterocycles. The van der Waals surface area contributed by atoms with Gasteiger partial charge in [0.1, 0.15) is 0 Å². The summed E-state index contributed by atoms with van der Waals surface area (Å²) in [6.45, 7) is 0.812. The van der Waals surface area contributed by atoms with Gasteiger partial charge in [-0.3, -0.25) is 19.7 Å². The summed E-state index contributed by atoms with van der Waals surface area (Å²) < 4.78 is 0. The Bertz CT molecular complexity index is 1030. The number of carbonyl (C=O) groups is 3. The first kappa shape index (κ1) is 19.6. The number of H-pyrrole nitrogens is 1. The van der Waals surface area contributed by atoms with Crippen LogP contribution in [-0.4, -0.2) is 52.2 Å². The Balaban J connectivity index is 1.31. The van der Waals surface area contributed by atoms with Crippen molar-refractivity contribution >= 4 is 34.7 Å². The van der Waals surface area contributed by atoms with Gasteiger partial charge in [-0.15, -0.1) is 0 Å². The van der Waals surface area contributed by atoms with Crippen LogP contribution in [0.4, 0.5) is 5.95 Å². The number of hydrogen-bond acceptors (Lipinski definition) is 4. The molecule has 1 fully saturated rings. The molecule has 8 nitrogen and oxygen atoms in total. The normalized spacial score (nSPS) is 16.3. The van der Waals surface area contributed by atoms with E-state index in [2.05, 4.69) is 20.6 Å². The van der Waals surface area contributed by atoms with Crippen molar-refractivity contribution in [3.63, 3.8) is 0 Å². The number of aromatic nitrogens is 2. The summed E-state index contributed by atoms with van der Waals surface area (Å²) in [6.07, 6.45) is 1.43. The molecule has 1 unspecified atom stereocenters. The van der Waals surface area contributed by atoms with Crippen LogP contribution in [-0.2, 0) is 9.59 Å². The monoisotopic (exact) mass is 405 g/mol. The highest BCUT2D eigenvalue weighted by Crippen LogP contribution is 2.19. The van der Waals surface area contributed by atoms with E-state index in [1.54, 1.807) is 29.2 Å². The highest BCUT2D eigenvalue weighted by Gasteiger charge is 2.29. The molecule has 1 aromatic heterocycles. The molecule has 0 spiro atoms. The number of fused-ring (bicyclic) bond motifs is 1. The lowest BCUT2D eigenvalue weighted by Crippen LogP contribution is -2.47. The molecular formula is C22H23N5O3. The van der Waals surface area contributed by atoms with E-state index in [1.807, 2.05) is 30.3 Å². The average Bonchev–Trinajstić information content (AvgIpc) is 3.20. The second-order valence-corrected chi connectivity index (χ2v) is 7.32. The van der Waals surface area contributed by atoms with Gasteiger partial charge in [-0.25, -0.2) is 4.98 Å². The van der Waals surface area contributed by atoms with Crippen molar-refractivity contribution in [1.29, 1.82) is 0 Å². The summed E-state index contributed by atoms with van der Waals surface area (Å²) >= 11 is 0. The summed E-state index contributed by atoms with van der Waals surface area (Å²) in [5, 5.41) is 5.47. The van der Waals surface area contributed by atoms with Gasteiger partial charge in [-0.05, 0) is 37.1 Å². The molecule has 1 saturated heterocycles. The minimum Gasteiger partial charge on any atom is -0.343 e. The number of anilines is 1.